The number of benzene rings is 1. The Bertz CT molecular complexity index is 690. The van der Waals surface area contributed by atoms with Crippen molar-refractivity contribution in [2.75, 3.05) is 31.7 Å². The molecule has 1 aromatic rings. The maximum absolute atomic E-state index is 12.3. The van der Waals surface area contributed by atoms with Crippen LogP contribution in [0.2, 0.25) is 10.0 Å². The van der Waals surface area contributed by atoms with Gasteiger partial charge in [0.15, 0.2) is 6.61 Å². The molecule has 1 unspecified atom stereocenters. The molecule has 3 atom stereocenters. The lowest BCUT2D eigenvalue weighted by atomic mass is 9.92. The SMILES string of the molecule is CSCCC(=O)N1C[C@H]2CC[C@@H](C1)C2NC(=O)COc1ccc(Cl)cc1Cl. The number of carbonyl (C=O) groups is 2. The van der Waals surface area contributed by atoms with Crippen LogP contribution in [0.1, 0.15) is 19.3 Å². The molecule has 2 amide bonds. The number of piperidine rings is 1. The topological polar surface area (TPSA) is 58.6 Å². The molecule has 1 N–H and O–H groups in total. The zero-order valence-corrected chi connectivity index (χ0v) is 17.6. The first kappa shape index (κ1) is 20.6. The Labute approximate surface area is 174 Å². The van der Waals surface area contributed by atoms with E-state index in [4.69, 9.17) is 27.9 Å². The maximum atomic E-state index is 12.3. The fourth-order valence-corrected chi connectivity index (χ4v) is 4.81. The minimum Gasteiger partial charge on any atom is -0.482 e. The van der Waals surface area contributed by atoms with Gasteiger partial charge in [0.05, 0.1) is 5.02 Å². The molecule has 0 radical (unpaired) electrons. The molecule has 1 saturated carbocycles. The van der Waals surface area contributed by atoms with E-state index in [-0.39, 0.29) is 24.5 Å². The van der Waals surface area contributed by atoms with Gasteiger partial charge in [0.25, 0.3) is 5.91 Å². The Hall–Kier alpha value is -1.11. The maximum Gasteiger partial charge on any atom is 0.258 e. The molecule has 8 heteroatoms. The van der Waals surface area contributed by atoms with Crippen LogP contribution in [-0.4, -0.2) is 54.5 Å². The van der Waals surface area contributed by atoms with Crippen molar-refractivity contribution < 1.29 is 14.3 Å². The molecular weight excluding hydrogens is 407 g/mol. The van der Waals surface area contributed by atoms with Crippen LogP contribution < -0.4 is 10.1 Å². The van der Waals surface area contributed by atoms with E-state index in [0.717, 1.165) is 31.7 Å². The van der Waals surface area contributed by atoms with Crippen LogP contribution in [0.15, 0.2) is 18.2 Å². The van der Waals surface area contributed by atoms with Crippen molar-refractivity contribution in [2.45, 2.75) is 25.3 Å². The number of thioether (sulfide) groups is 1. The van der Waals surface area contributed by atoms with Gasteiger partial charge in [0, 0.05) is 36.3 Å². The van der Waals surface area contributed by atoms with Gasteiger partial charge in [-0.3, -0.25) is 9.59 Å². The summed E-state index contributed by atoms with van der Waals surface area (Å²) in [4.78, 5) is 26.6. The van der Waals surface area contributed by atoms with E-state index in [1.807, 2.05) is 11.2 Å². The first-order valence-corrected chi connectivity index (χ1v) is 11.3. The first-order valence-electron chi connectivity index (χ1n) is 9.12. The van der Waals surface area contributed by atoms with Crippen LogP contribution in [0.5, 0.6) is 5.75 Å². The van der Waals surface area contributed by atoms with E-state index in [1.54, 1.807) is 30.0 Å². The molecule has 2 aliphatic rings. The van der Waals surface area contributed by atoms with Crippen molar-refractivity contribution in [3.8, 4) is 5.75 Å². The van der Waals surface area contributed by atoms with Gasteiger partial charge >= 0.3 is 0 Å². The zero-order chi connectivity index (χ0) is 19.4. The highest BCUT2D eigenvalue weighted by Crippen LogP contribution is 2.37. The minimum absolute atomic E-state index is 0.0896. The number of nitrogens with zero attached hydrogens (tertiary/aromatic N) is 1. The van der Waals surface area contributed by atoms with Gasteiger partial charge in [-0.15, -0.1) is 0 Å². The number of fused-ring (bicyclic) bond motifs is 2. The van der Waals surface area contributed by atoms with Crippen LogP contribution in [0.4, 0.5) is 0 Å². The van der Waals surface area contributed by atoms with Crippen molar-refractivity contribution in [2.24, 2.45) is 11.8 Å². The smallest absolute Gasteiger partial charge is 0.258 e. The molecule has 3 rings (SSSR count). The summed E-state index contributed by atoms with van der Waals surface area (Å²) in [6.45, 7) is 1.38. The average Bonchev–Trinajstić information content (AvgIpc) is 2.87. The Kier molecular flexibility index (Phi) is 7.17. The summed E-state index contributed by atoms with van der Waals surface area (Å²) in [7, 11) is 0. The van der Waals surface area contributed by atoms with E-state index in [0.29, 0.717) is 34.1 Å². The zero-order valence-electron chi connectivity index (χ0n) is 15.2. The molecule has 1 saturated heterocycles. The van der Waals surface area contributed by atoms with Gasteiger partial charge in [0.2, 0.25) is 5.91 Å². The lowest BCUT2D eigenvalue weighted by molar-refractivity contribution is -0.133. The van der Waals surface area contributed by atoms with Crippen molar-refractivity contribution in [3.63, 3.8) is 0 Å². The second-order valence-electron chi connectivity index (χ2n) is 7.10. The molecule has 1 aliphatic heterocycles. The number of halogens is 2. The first-order chi connectivity index (χ1) is 13.0. The van der Waals surface area contributed by atoms with Gasteiger partial charge in [-0.2, -0.15) is 11.8 Å². The fourth-order valence-electron chi connectivity index (χ4n) is 3.97. The monoisotopic (exact) mass is 430 g/mol. The summed E-state index contributed by atoms with van der Waals surface area (Å²) in [5.74, 6) is 2.01. The number of carbonyl (C=O) groups excluding carboxylic acids is 2. The van der Waals surface area contributed by atoms with E-state index < -0.39 is 0 Å². The van der Waals surface area contributed by atoms with E-state index >= 15 is 0 Å². The molecule has 1 aromatic carbocycles. The van der Waals surface area contributed by atoms with E-state index in [9.17, 15) is 9.59 Å². The number of amides is 2. The number of likely N-dealkylation sites (tertiary alicyclic amines) is 1. The van der Waals surface area contributed by atoms with Crippen LogP contribution in [0.25, 0.3) is 0 Å². The number of ether oxygens (including phenoxy) is 1. The van der Waals surface area contributed by atoms with Crippen LogP contribution in [0.3, 0.4) is 0 Å². The van der Waals surface area contributed by atoms with Gasteiger partial charge in [-0.25, -0.2) is 0 Å². The molecule has 0 spiro atoms. The number of hydrogen-bond donors (Lipinski definition) is 1. The predicted molar refractivity (Wildman–Crippen MR) is 110 cm³/mol. The van der Waals surface area contributed by atoms with E-state index in [1.165, 1.54) is 0 Å². The third-order valence-electron chi connectivity index (χ3n) is 5.29. The molecule has 5 nitrogen and oxygen atoms in total. The second-order valence-corrected chi connectivity index (χ2v) is 8.92. The molecular formula is C19H24Cl2N2O3S. The van der Waals surface area contributed by atoms with Crippen LogP contribution in [0, 0.1) is 11.8 Å². The molecule has 2 bridgehead atoms. The van der Waals surface area contributed by atoms with E-state index in [2.05, 4.69) is 5.32 Å². The Morgan fingerprint density at radius 2 is 1.96 bits per heavy atom. The van der Waals surface area contributed by atoms with Gasteiger partial charge in [-0.1, -0.05) is 23.2 Å². The number of hydrogen-bond acceptors (Lipinski definition) is 4. The normalized spacial score (nSPS) is 24.0. The molecule has 2 fully saturated rings. The molecule has 0 aromatic heterocycles. The number of nitrogens with one attached hydrogen (secondary N) is 1. The summed E-state index contributed by atoms with van der Waals surface area (Å²) in [5, 5.41) is 4.01. The van der Waals surface area contributed by atoms with Crippen molar-refractivity contribution >= 4 is 46.8 Å². The standard InChI is InChI=1S/C19H24Cl2N2O3S/c1-27-7-6-18(25)23-9-12-2-3-13(10-23)19(12)22-17(24)11-26-16-5-4-14(20)8-15(16)21/h4-5,8,12-13,19H,2-3,6-7,9-11H2,1H3,(H,22,24)/t12-,13+,19?. The third-order valence-corrected chi connectivity index (χ3v) is 6.43. The minimum atomic E-state index is -0.162. The molecule has 27 heavy (non-hydrogen) atoms. The highest BCUT2D eigenvalue weighted by molar-refractivity contribution is 7.98. The largest absolute Gasteiger partial charge is 0.482 e. The quantitative estimate of drug-likeness (QED) is 0.718. The van der Waals surface area contributed by atoms with Crippen molar-refractivity contribution in [1.82, 2.24) is 10.2 Å². The summed E-state index contributed by atoms with van der Waals surface area (Å²) >= 11 is 13.6. The molecule has 1 heterocycles. The van der Waals surface area contributed by atoms with Gasteiger partial charge in [-0.05, 0) is 49.1 Å². The van der Waals surface area contributed by atoms with Crippen molar-refractivity contribution in [1.29, 1.82) is 0 Å². The molecule has 148 valence electrons. The van der Waals surface area contributed by atoms with Gasteiger partial charge in [0.1, 0.15) is 5.75 Å². The Morgan fingerprint density at radius 3 is 2.59 bits per heavy atom. The summed E-state index contributed by atoms with van der Waals surface area (Å²) in [6, 6.07) is 5.03. The summed E-state index contributed by atoms with van der Waals surface area (Å²) < 4.78 is 5.52. The predicted octanol–water partition coefficient (Wildman–Crippen LogP) is 3.48. The van der Waals surface area contributed by atoms with Crippen LogP contribution in [-0.2, 0) is 9.59 Å². The highest BCUT2D eigenvalue weighted by Gasteiger charge is 2.43. The lowest BCUT2D eigenvalue weighted by Gasteiger charge is -2.38. The van der Waals surface area contributed by atoms with Crippen LogP contribution >= 0.6 is 35.0 Å². The lowest BCUT2D eigenvalue weighted by Crippen LogP contribution is -2.54. The third kappa shape index (κ3) is 5.24. The highest BCUT2D eigenvalue weighted by atomic mass is 35.5. The molecule has 1 aliphatic carbocycles. The Balaban J connectivity index is 1.50. The van der Waals surface area contributed by atoms with Crippen molar-refractivity contribution in [3.05, 3.63) is 28.2 Å². The summed E-state index contributed by atoms with van der Waals surface area (Å²) in [5.41, 5.74) is 0. The summed E-state index contributed by atoms with van der Waals surface area (Å²) in [6.07, 6.45) is 4.70. The number of rotatable bonds is 7. The van der Waals surface area contributed by atoms with Gasteiger partial charge < -0.3 is 15.0 Å². The second kappa shape index (κ2) is 9.39. The Morgan fingerprint density at radius 1 is 1.26 bits per heavy atom. The fraction of sp³-hybridized carbons (Fsp3) is 0.579. The average molecular weight is 431 g/mol.